The van der Waals surface area contributed by atoms with Crippen molar-refractivity contribution >= 4 is 12.0 Å². The molecular formula is C21H26N2O4. The van der Waals surface area contributed by atoms with Crippen molar-refractivity contribution in [2.75, 3.05) is 0 Å². The number of aliphatic hydroxyl groups is 1. The van der Waals surface area contributed by atoms with Crippen LogP contribution < -0.4 is 10.6 Å². The quantitative estimate of drug-likeness (QED) is 0.667. The summed E-state index contributed by atoms with van der Waals surface area (Å²) in [7, 11) is 0. The molecule has 2 amide bonds. The summed E-state index contributed by atoms with van der Waals surface area (Å²) in [6.45, 7) is 4.06. The summed E-state index contributed by atoms with van der Waals surface area (Å²) in [5, 5.41) is 15.7. The third-order valence-corrected chi connectivity index (χ3v) is 4.13. The third kappa shape index (κ3) is 6.75. The zero-order valence-electron chi connectivity index (χ0n) is 15.6. The lowest BCUT2D eigenvalue weighted by molar-refractivity contribution is -0.131. The van der Waals surface area contributed by atoms with Crippen LogP contribution in [0.1, 0.15) is 25.0 Å². The molecular weight excluding hydrogens is 344 g/mol. The summed E-state index contributed by atoms with van der Waals surface area (Å²) in [4.78, 5) is 24.3. The molecule has 0 aliphatic heterocycles. The predicted molar refractivity (Wildman–Crippen MR) is 103 cm³/mol. The molecule has 0 radical (unpaired) electrons. The smallest absolute Gasteiger partial charge is 0.407 e. The lowest BCUT2D eigenvalue weighted by Gasteiger charge is -2.26. The second-order valence-corrected chi connectivity index (χ2v) is 6.62. The first kappa shape index (κ1) is 20.5. The topological polar surface area (TPSA) is 87.7 Å². The first-order valence-corrected chi connectivity index (χ1v) is 8.94. The Morgan fingerprint density at radius 2 is 1.52 bits per heavy atom. The Balaban J connectivity index is 1.86. The van der Waals surface area contributed by atoms with Crippen LogP contribution in [-0.2, 0) is 22.7 Å². The molecule has 3 N–H and O–H groups in total. The highest BCUT2D eigenvalue weighted by Gasteiger charge is 2.30. The van der Waals surface area contributed by atoms with Gasteiger partial charge in [-0.1, -0.05) is 74.5 Å². The maximum Gasteiger partial charge on any atom is 0.407 e. The number of hydrogen-bond donors (Lipinski definition) is 3. The van der Waals surface area contributed by atoms with Crippen molar-refractivity contribution in [3.63, 3.8) is 0 Å². The zero-order valence-corrected chi connectivity index (χ0v) is 15.6. The van der Waals surface area contributed by atoms with Crippen molar-refractivity contribution in [2.24, 2.45) is 5.92 Å². The van der Waals surface area contributed by atoms with Gasteiger partial charge in [0, 0.05) is 6.54 Å². The van der Waals surface area contributed by atoms with Crippen LogP contribution >= 0.6 is 0 Å². The van der Waals surface area contributed by atoms with Gasteiger partial charge in [0.2, 0.25) is 0 Å². The molecule has 144 valence electrons. The van der Waals surface area contributed by atoms with E-state index in [1.165, 1.54) is 0 Å². The van der Waals surface area contributed by atoms with Crippen LogP contribution in [-0.4, -0.2) is 29.3 Å². The number of aliphatic hydroxyl groups excluding tert-OH is 1. The van der Waals surface area contributed by atoms with E-state index in [0.29, 0.717) is 6.54 Å². The molecule has 2 aromatic carbocycles. The number of amides is 2. The van der Waals surface area contributed by atoms with Crippen LogP contribution in [0, 0.1) is 5.92 Å². The average molecular weight is 370 g/mol. The molecule has 0 aliphatic carbocycles. The molecule has 0 spiro atoms. The summed E-state index contributed by atoms with van der Waals surface area (Å²) >= 11 is 0. The van der Waals surface area contributed by atoms with Crippen LogP contribution in [0.2, 0.25) is 0 Å². The standard InChI is InChI=1S/C21H26N2O4/c1-15(2)18(23-21(26)27-14-17-11-7-4-8-12-17)19(24)20(25)22-13-16-9-5-3-6-10-16/h3-12,15,18-19,24H,13-14H2,1-2H3,(H,22,25)(H,23,26). The normalized spacial score (nSPS) is 12.9. The molecule has 2 rings (SSSR count). The van der Waals surface area contributed by atoms with Crippen LogP contribution in [0.25, 0.3) is 0 Å². The van der Waals surface area contributed by atoms with Gasteiger partial charge in [-0.15, -0.1) is 0 Å². The minimum atomic E-state index is -1.38. The summed E-state index contributed by atoms with van der Waals surface area (Å²) in [6, 6.07) is 17.9. The highest BCUT2D eigenvalue weighted by molar-refractivity contribution is 5.82. The fraction of sp³-hybridized carbons (Fsp3) is 0.333. The molecule has 2 unspecified atom stereocenters. The maximum atomic E-state index is 12.3. The van der Waals surface area contributed by atoms with Gasteiger partial charge in [-0.05, 0) is 17.0 Å². The molecule has 2 atom stereocenters. The van der Waals surface area contributed by atoms with Crippen molar-refractivity contribution in [3.05, 3.63) is 71.8 Å². The van der Waals surface area contributed by atoms with E-state index >= 15 is 0 Å². The van der Waals surface area contributed by atoms with Crippen molar-refractivity contribution in [3.8, 4) is 0 Å². The number of hydrogen-bond acceptors (Lipinski definition) is 4. The maximum absolute atomic E-state index is 12.3. The second kappa shape index (κ2) is 10.3. The minimum Gasteiger partial charge on any atom is -0.445 e. The van der Waals surface area contributed by atoms with Gasteiger partial charge in [-0.2, -0.15) is 0 Å². The summed E-state index contributed by atoms with van der Waals surface area (Å²) in [5.41, 5.74) is 1.78. The van der Waals surface area contributed by atoms with Crippen LogP contribution in [0.5, 0.6) is 0 Å². The Labute approximate surface area is 159 Å². The first-order valence-electron chi connectivity index (χ1n) is 8.94. The van der Waals surface area contributed by atoms with E-state index in [4.69, 9.17) is 4.74 Å². The van der Waals surface area contributed by atoms with E-state index in [9.17, 15) is 14.7 Å². The molecule has 6 nitrogen and oxygen atoms in total. The molecule has 0 saturated heterocycles. The van der Waals surface area contributed by atoms with Gasteiger partial charge in [-0.3, -0.25) is 4.79 Å². The molecule has 6 heteroatoms. The molecule has 0 fully saturated rings. The summed E-state index contributed by atoms with van der Waals surface area (Å²) in [6.07, 6.45) is -2.05. The Bertz CT molecular complexity index is 719. The number of benzene rings is 2. The van der Waals surface area contributed by atoms with Gasteiger partial charge in [0.05, 0.1) is 6.04 Å². The average Bonchev–Trinajstić information content (AvgIpc) is 2.69. The Kier molecular flexibility index (Phi) is 7.82. The van der Waals surface area contributed by atoms with E-state index < -0.39 is 24.1 Å². The molecule has 0 heterocycles. The first-order chi connectivity index (χ1) is 13.0. The Hall–Kier alpha value is -2.86. The number of ether oxygens (including phenoxy) is 1. The largest absolute Gasteiger partial charge is 0.445 e. The van der Waals surface area contributed by atoms with Gasteiger partial charge in [0.15, 0.2) is 6.10 Å². The molecule has 0 aromatic heterocycles. The van der Waals surface area contributed by atoms with Crippen LogP contribution in [0.3, 0.4) is 0 Å². The lowest BCUT2D eigenvalue weighted by Crippen LogP contribution is -2.53. The third-order valence-electron chi connectivity index (χ3n) is 4.13. The van der Waals surface area contributed by atoms with Gasteiger partial charge in [0.1, 0.15) is 6.61 Å². The summed E-state index contributed by atoms with van der Waals surface area (Å²) < 4.78 is 5.18. The van der Waals surface area contributed by atoms with E-state index in [2.05, 4.69) is 10.6 Å². The lowest BCUT2D eigenvalue weighted by atomic mass is 9.98. The van der Waals surface area contributed by atoms with Crippen molar-refractivity contribution in [2.45, 2.75) is 39.1 Å². The zero-order chi connectivity index (χ0) is 19.6. The van der Waals surface area contributed by atoms with E-state index in [-0.39, 0.29) is 12.5 Å². The Morgan fingerprint density at radius 3 is 2.07 bits per heavy atom. The van der Waals surface area contributed by atoms with E-state index in [0.717, 1.165) is 11.1 Å². The van der Waals surface area contributed by atoms with Crippen molar-refractivity contribution in [1.82, 2.24) is 10.6 Å². The fourth-order valence-electron chi connectivity index (χ4n) is 2.56. The molecule has 0 bridgehead atoms. The Morgan fingerprint density at radius 1 is 0.963 bits per heavy atom. The molecule has 0 aliphatic rings. The van der Waals surface area contributed by atoms with Gasteiger partial charge in [-0.25, -0.2) is 4.79 Å². The minimum absolute atomic E-state index is 0.119. The summed E-state index contributed by atoms with van der Waals surface area (Å²) in [5.74, 6) is -0.701. The molecule has 2 aromatic rings. The SMILES string of the molecule is CC(C)C(NC(=O)OCc1ccccc1)C(O)C(=O)NCc1ccccc1. The van der Waals surface area contributed by atoms with E-state index in [1.807, 2.05) is 74.5 Å². The van der Waals surface area contributed by atoms with Crippen molar-refractivity contribution in [1.29, 1.82) is 0 Å². The number of nitrogens with one attached hydrogen (secondary N) is 2. The number of carbonyl (C=O) groups is 2. The van der Waals surface area contributed by atoms with Crippen LogP contribution in [0.4, 0.5) is 4.79 Å². The highest BCUT2D eigenvalue weighted by Crippen LogP contribution is 2.09. The molecule has 0 saturated carbocycles. The number of rotatable bonds is 8. The van der Waals surface area contributed by atoms with Gasteiger partial charge >= 0.3 is 6.09 Å². The molecule has 27 heavy (non-hydrogen) atoms. The predicted octanol–water partition coefficient (Wildman–Crippen LogP) is 2.61. The van der Waals surface area contributed by atoms with E-state index in [1.54, 1.807) is 0 Å². The second-order valence-electron chi connectivity index (χ2n) is 6.62. The van der Waals surface area contributed by atoms with Gasteiger partial charge < -0.3 is 20.5 Å². The van der Waals surface area contributed by atoms with Crippen LogP contribution in [0.15, 0.2) is 60.7 Å². The highest BCUT2D eigenvalue weighted by atomic mass is 16.5. The number of carbonyl (C=O) groups excluding carboxylic acids is 2. The van der Waals surface area contributed by atoms with Gasteiger partial charge in [0.25, 0.3) is 5.91 Å². The van der Waals surface area contributed by atoms with Crippen molar-refractivity contribution < 1.29 is 19.4 Å². The number of alkyl carbamates (subject to hydrolysis) is 1. The fourth-order valence-corrected chi connectivity index (χ4v) is 2.56. The monoisotopic (exact) mass is 370 g/mol.